The molecular weight excluding hydrogens is 152 g/mol. The largest absolute Gasteiger partial charge is 0.483 e. The van der Waals surface area contributed by atoms with E-state index in [1.165, 1.54) is 6.92 Å². The molecule has 2 heteroatoms. The second kappa shape index (κ2) is 3.90. The molecular formula is C10H12O2. The fourth-order valence-corrected chi connectivity index (χ4v) is 0.786. The third-order valence-electron chi connectivity index (χ3n) is 1.63. The average molecular weight is 164 g/mol. The second-order valence-corrected chi connectivity index (χ2v) is 2.68. The zero-order valence-electron chi connectivity index (χ0n) is 7.28. The summed E-state index contributed by atoms with van der Waals surface area (Å²) in [5.74, 6) is 0.777. The molecule has 0 fully saturated rings. The van der Waals surface area contributed by atoms with Crippen LogP contribution in [0.1, 0.15) is 13.8 Å². The second-order valence-electron chi connectivity index (χ2n) is 2.68. The van der Waals surface area contributed by atoms with Crippen LogP contribution in [0.25, 0.3) is 0 Å². The van der Waals surface area contributed by atoms with Crippen LogP contribution in [0.15, 0.2) is 30.3 Å². The first-order valence-corrected chi connectivity index (χ1v) is 3.92. The molecule has 2 nitrogen and oxygen atoms in total. The first-order chi connectivity index (χ1) is 5.70. The fraction of sp³-hybridized carbons (Fsp3) is 0.300. The number of ketones is 1. The molecule has 0 aromatic heterocycles. The number of hydrogen-bond donors (Lipinski definition) is 0. The molecule has 0 N–H and O–H groups in total. The number of ether oxygens (including phenoxy) is 1. The smallest absolute Gasteiger partial charge is 0.169 e. The van der Waals surface area contributed by atoms with E-state index in [0.717, 1.165) is 5.75 Å². The van der Waals surface area contributed by atoms with Crippen molar-refractivity contribution >= 4 is 5.78 Å². The van der Waals surface area contributed by atoms with E-state index in [2.05, 4.69) is 0 Å². The normalized spacial score (nSPS) is 12.2. The number of benzene rings is 1. The van der Waals surface area contributed by atoms with Gasteiger partial charge < -0.3 is 4.74 Å². The van der Waals surface area contributed by atoms with Crippen LogP contribution < -0.4 is 4.74 Å². The third-order valence-corrected chi connectivity index (χ3v) is 1.63. The van der Waals surface area contributed by atoms with Gasteiger partial charge in [-0.05, 0) is 26.0 Å². The molecule has 1 rings (SSSR count). The number of hydrogen-bond acceptors (Lipinski definition) is 2. The molecule has 64 valence electrons. The molecule has 1 aromatic carbocycles. The summed E-state index contributed by atoms with van der Waals surface area (Å²) in [5.41, 5.74) is 0. The molecule has 0 saturated carbocycles. The van der Waals surface area contributed by atoms with E-state index < -0.39 is 0 Å². The summed E-state index contributed by atoms with van der Waals surface area (Å²) in [6.07, 6.45) is -0.354. The number of rotatable bonds is 3. The molecule has 0 aliphatic carbocycles. The number of Topliss-reactive ketones (excluding diaryl/α,β-unsaturated/α-hetero) is 1. The standard InChI is InChI=1S/C10H12O2/c1-8(11)9(2)12-10-6-4-3-5-7-10/h3-7,9H,1-2H3/t9-/m1/s1. The van der Waals surface area contributed by atoms with E-state index in [-0.39, 0.29) is 11.9 Å². The topological polar surface area (TPSA) is 26.3 Å². The van der Waals surface area contributed by atoms with Crippen molar-refractivity contribution in [2.45, 2.75) is 20.0 Å². The Hall–Kier alpha value is -1.31. The fourth-order valence-electron chi connectivity index (χ4n) is 0.786. The number of carbonyl (C=O) groups excluding carboxylic acids is 1. The van der Waals surface area contributed by atoms with Crippen LogP contribution in [0.2, 0.25) is 0 Å². The van der Waals surface area contributed by atoms with Gasteiger partial charge in [0.25, 0.3) is 0 Å². The first kappa shape index (κ1) is 8.78. The number of carbonyl (C=O) groups is 1. The minimum atomic E-state index is -0.354. The van der Waals surface area contributed by atoms with Crippen molar-refractivity contribution in [3.8, 4) is 5.75 Å². The van der Waals surface area contributed by atoms with Gasteiger partial charge in [-0.2, -0.15) is 0 Å². The Morgan fingerprint density at radius 1 is 1.33 bits per heavy atom. The summed E-state index contributed by atoms with van der Waals surface area (Å²) in [6, 6.07) is 9.33. The van der Waals surface area contributed by atoms with E-state index >= 15 is 0 Å². The van der Waals surface area contributed by atoms with E-state index in [4.69, 9.17) is 4.74 Å². The molecule has 1 aromatic rings. The van der Waals surface area contributed by atoms with Crippen molar-refractivity contribution in [2.24, 2.45) is 0 Å². The average Bonchev–Trinajstić information content (AvgIpc) is 2.06. The maximum atomic E-state index is 10.8. The van der Waals surface area contributed by atoms with E-state index in [1.54, 1.807) is 6.92 Å². The molecule has 0 unspecified atom stereocenters. The Kier molecular flexibility index (Phi) is 2.86. The highest BCUT2D eigenvalue weighted by Crippen LogP contribution is 2.10. The lowest BCUT2D eigenvalue weighted by atomic mass is 10.3. The lowest BCUT2D eigenvalue weighted by Crippen LogP contribution is -2.20. The molecule has 12 heavy (non-hydrogen) atoms. The van der Waals surface area contributed by atoms with Crippen LogP contribution in [0.4, 0.5) is 0 Å². The SMILES string of the molecule is CC(=O)[C@@H](C)Oc1ccccc1. The predicted octanol–water partition coefficient (Wildman–Crippen LogP) is 2.04. The van der Waals surface area contributed by atoms with Gasteiger partial charge >= 0.3 is 0 Å². The highest BCUT2D eigenvalue weighted by molar-refractivity contribution is 5.80. The van der Waals surface area contributed by atoms with Crippen LogP contribution in [0, 0.1) is 0 Å². The van der Waals surface area contributed by atoms with Gasteiger partial charge in [0.2, 0.25) is 0 Å². The molecule has 1 atom stereocenters. The zero-order valence-corrected chi connectivity index (χ0v) is 7.28. The van der Waals surface area contributed by atoms with Crippen LogP contribution in [-0.4, -0.2) is 11.9 Å². The summed E-state index contributed by atoms with van der Waals surface area (Å²) in [4.78, 5) is 10.8. The van der Waals surface area contributed by atoms with Crippen molar-refractivity contribution in [3.63, 3.8) is 0 Å². The van der Waals surface area contributed by atoms with Gasteiger partial charge in [0.05, 0.1) is 0 Å². The van der Waals surface area contributed by atoms with Crippen molar-refractivity contribution in [1.82, 2.24) is 0 Å². The Morgan fingerprint density at radius 2 is 1.92 bits per heavy atom. The summed E-state index contributed by atoms with van der Waals surface area (Å²) in [5, 5.41) is 0. The Morgan fingerprint density at radius 3 is 2.42 bits per heavy atom. The molecule has 0 heterocycles. The summed E-state index contributed by atoms with van der Waals surface area (Å²) in [7, 11) is 0. The van der Waals surface area contributed by atoms with Crippen molar-refractivity contribution < 1.29 is 9.53 Å². The van der Waals surface area contributed by atoms with Crippen LogP contribution in [0.5, 0.6) is 5.75 Å². The molecule has 0 aliphatic rings. The van der Waals surface area contributed by atoms with Gasteiger partial charge in [0.1, 0.15) is 5.75 Å². The van der Waals surface area contributed by atoms with Gasteiger partial charge in [-0.3, -0.25) is 4.79 Å². The van der Waals surface area contributed by atoms with E-state index in [1.807, 2.05) is 30.3 Å². The molecule has 0 aliphatic heterocycles. The molecule has 0 spiro atoms. The maximum absolute atomic E-state index is 10.8. The molecule has 0 amide bonds. The highest BCUT2D eigenvalue weighted by Gasteiger charge is 2.07. The van der Waals surface area contributed by atoms with E-state index in [0.29, 0.717) is 0 Å². The minimum Gasteiger partial charge on any atom is -0.483 e. The van der Waals surface area contributed by atoms with E-state index in [9.17, 15) is 4.79 Å². The molecule has 0 radical (unpaired) electrons. The quantitative estimate of drug-likeness (QED) is 0.683. The lowest BCUT2D eigenvalue weighted by Gasteiger charge is -2.10. The predicted molar refractivity (Wildman–Crippen MR) is 47.2 cm³/mol. The third kappa shape index (κ3) is 2.38. The summed E-state index contributed by atoms with van der Waals surface area (Å²) < 4.78 is 5.33. The van der Waals surface area contributed by atoms with Gasteiger partial charge in [-0.1, -0.05) is 18.2 Å². The summed E-state index contributed by atoms with van der Waals surface area (Å²) in [6.45, 7) is 3.27. The highest BCUT2D eigenvalue weighted by atomic mass is 16.5. The minimum absolute atomic E-state index is 0.0406. The monoisotopic (exact) mass is 164 g/mol. The molecule has 0 saturated heterocycles. The molecule has 0 bridgehead atoms. The van der Waals surface area contributed by atoms with Crippen LogP contribution in [-0.2, 0) is 4.79 Å². The van der Waals surface area contributed by atoms with Gasteiger partial charge in [0.15, 0.2) is 11.9 Å². The first-order valence-electron chi connectivity index (χ1n) is 3.92. The maximum Gasteiger partial charge on any atom is 0.169 e. The zero-order chi connectivity index (χ0) is 8.97. The number of para-hydroxylation sites is 1. The van der Waals surface area contributed by atoms with Gasteiger partial charge in [0, 0.05) is 0 Å². The lowest BCUT2D eigenvalue weighted by molar-refractivity contribution is -0.122. The van der Waals surface area contributed by atoms with Crippen LogP contribution in [0.3, 0.4) is 0 Å². The Labute approximate surface area is 72.2 Å². The van der Waals surface area contributed by atoms with Crippen molar-refractivity contribution in [3.05, 3.63) is 30.3 Å². The van der Waals surface area contributed by atoms with Crippen LogP contribution >= 0.6 is 0 Å². The summed E-state index contributed by atoms with van der Waals surface area (Å²) >= 11 is 0. The van der Waals surface area contributed by atoms with Gasteiger partial charge in [-0.15, -0.1) is 0 Å². The van der Waals surface area contributed by atoms with Crippen molar-refractivity contribution in [2.75, 3.05) is 0 Å². The Bertz CT molecular complexity index is 254. The Balaban J connectivity index is 2.58. The van der Waals surface area contributed by atoms with Gasteiger partial charge in [-0.25, -0.2) is 0 Å². The van der Waals surface area contributed by atoms with Crippen molar-refractivity contribution in [1.29, 1.82) is 0 Å².